The predicted molar refractivity (Wildman–Crippen MR) is 103 cm³/mol. The number of nitrogens with one attached hydrogen (secondary N) is 1. The lowest BCUT2D eigenvalue weighted by Gasteiger charge is -2.10. The zero-order valence-corrected chi connectivity index (χ0v) is 15.0. The Balaban J connectivity index is 2.01. The van der Waals surface area contributed by atoms with E-state index in [1.807, 2.05) is 55.5 Å². The van der Waals surface area contributed by atoms with Crippen molar-refractivity contribution in [2.75, 3.05) is 0 Å². The van der Waals surface area contributed by atoms with Gasteiger partial charge in [0.05, 0.1) is 17.3 Å². The van der Waals surface area contributed by atoms with Crippen molar-refractivity contribution < 1.29 is 0 Å². The lowest BCUT2D eigenvalue weighted by Crippen LogP contribution is -2.19. The Morgan fingerprint density at radius 2 is 1.96 bits per heavy atom. The number of rotatable bonds is 5. The van der Waals surface area contributed by atoms with Crippen LogP contribution >= 0.6 is 0 Å². The summed E-state index contributed by atoms with van der Waals surface area (Å²) in [5.74, 6) is 0.652. The first-order valence-corrected chi connectivity index (χ1v) is 8.79. The number of benzene rings is 2. The zero-order chi connectivity index (χ0) is 18.5. The van der Waals surface area contributed by atoms with Gasteiger partial charge in [-0.05, 0) is 36.1 Å². The highest BCUT2D eigenvalue weighted by Crippen LogP contribution is 2.25. The van der Waals surface area contributed by atoms with Gasteiger partial charge in [-0.2, -0.15) is 5.26 Å². The van der Waals surface area contributed by atoms with Gasteiger partial charge >= 0.3 is 0 Å². The molecule has 3 aromatic rings. The normalized spacial score (nSPS) is 10.5. The van der Waals surface area contributed by atoms with Gasteiger partial charge in [0.15, 0.2) is 0 Å². The molecule has 0 aliphatic heterocycles. The van der Waals surface area contributed by atoms with Gasteiger partial charge in [-0.25, -0.2) is 4.98 Å². The van der Waals surface area contributed by atoms with Gasteiger partial charge in [0.25, 0.3) is 5.56 Å². The third-order valence-electron chi connectivity index (χ3n) is 4.37. The quantitative estimate of drug-likeness (QED) is 0.756. The molecule has 0 amide bonds. The van der Waals surface area contributed by atoms with E-state index < -0.39 is 0 Å². The predicted octanol–water partition coefficient (Wildman–Crippen LogP) is 4.16. The second-order valence-corrected chi connectivity index (χ2v) is 6.36. The number of aryl methyl sites for hydroxylation is 2. The number of hydrogen-bond acceptors (Lipinski definition) is 3. The van der Waals surface area contributed by atoms with Crippen molar-refractivity contribution in [1.29, 1.82) is 5.26 Å². The summed E-state index contributed by atoms with van der Waals surface area (Å²) in [4.78, 5) is 19.8. The summed E-state index contributed by atoms with van der Waals surface area (Å²) in [7, 11) is 0. The molecule has 0 saturated heterocycles. The minimum absolute atomic E-state index is 0.0659. The molecule has 4 nitrogen and oxygen atoms in total. The van der Waals surface area contributed by atoms with Crippen LogP contribution in [0.4, 0.5) is 0 Å². The smallest absolute Gasteiger partial charge is 0.254 e. The van der Waals surface area contributed by atoms with E-state index in [0.29, 0.717) is 17.8 Å². The third-order valence-corrected chi connectivity index (χ3v) is 4.37. The topological polar surface area (TPSA) is 69.5 Å². The highest BCUT2D eigenvalue weighted by atomic mass is 16.1. The van der Waals surface area contributed by atoms with Crippen LogP contribution < -0.4 is 5.56 Å². The molecule has 1 aromatic heterocycles. The van der Waals surface area contributed by atoms with Crippen LogP contribution in [0.15, 0.2) is 53.3 Å². The molecule has 0 atom stereocenters. The first-order chi connectivity index (χ1) is 12.6. The SMILES string of the molecule is CCCc1nc(C)[nH]c(=O)c1Cc1cccc(-c2ccccc2C#N)c1. The van der Waals surface area contributed by atoms with Crippen molar-refractivity contribution in [3.05, 3.63) is 87.1 Å². The number of H-pyrrole nitrogens is 1. The van der Waals surface area contributed by atoms with E-state index in [9.17, 15) is 10.1 Å². The summed E-state index contributed by atoms with van der Waals surface area (Å²) in [6.07, 6.45) is 2.26. The largest absolute Gasteiger partial charge is 0.311 e. The number of aromatic amines is 1. The summed E-state index contributed by atoms with van der Waals surface area (Å²) in [6.45, 7) is 3.89. The highest BCUT2D eigenvalue weighted by molar-refractivity contribution is 5.71. The molecular weight excluding hydrogens is 322 g/mol. The lowest BCUT2D eigenvalue weighted by atomic mass is 9.96. The van der Waals surface area contributed by atoms with Crippen LogP contribution in [0.3, 0.4) is 0 Å². The molecule has 0 unspecified atom stereocenters. The molecule has 0 saturated carbocycles. The summed E-state index contributed by atoms with van der Waals surface area (Å²) >= 11 is 0. The third kappa shape index (κ3) is 3.73. The molecule has 0 bridgehead atoms. The van der Waals surface area contributed by atoms with Crippen LogP contribution in [0, 0.1) is 18.3 Å². The Labute approximate surface area is 153 Å². The van der Waals surface area contributed by atoms with Crippen molar-refractivity contribution in [3.8, 4) is 17.2 Å². The second-order valence-electron chi connectivity index (χ2n) is 6.36. The molecule has 1 heterocycles. The van der Waals surface area contributed by atoms with Gasteiger partial charge in [-0.3, -0.25) is 4.79 Å². The van der Waals surface area contributed by atoms with Gasteiger partial charge in [-0.15, -0.1) is 0 Å². The lowest BCUT2D eigenvalue weighted by molar-refractivity contribution is 0.820. The molecule has 0 spiro atoms. The zero-order valence-electron chi connectivity index (χ0n) is 15.0. The van der Waals surface area contributed by atoms with E-state index in [1.54, 1.807) is 0 Å². The van der Waals surface area contributed by atoms with Gasteiger partial charge in [0, 0.05) is 12.0 Å². The van der Waals surface area contributed by atoms with Gasteiger partial charge in [-0.1, -0.05) is 55.8 Å². The van der Waals surface area contributed by atoms with Crippen LogP contribution in [-0.2, 0) is 12.8 Å². The fourth-order valence-corrected chi connectivity index (χ4v) is 3.18. The van der Waals surface area contributed by atoms with Crippen LogP contribution in [0.1, 0.15) is 41.6 Å². The molecule has 0 radical (unpaired) electrons. The minimum Gasteiger partial charge on any atom is -0.311 e. The Kier molecular flexibility index (Phi) is 5.28. The van der Waals surface area contributed by atoms with E-state index in [-0.39, 0.29) is 5.56 Å². The Morgan fingerprint density at radius 3 is 2.73 bits per heavy atom. The molecule has 4 heteroatoms. The minimum atomic E-state index is -0.0659. The fourth-order valence-electron chi connectivity index (χ4n) is 3.18. The van der Waals surface area contributed by atoms with Crippen molar-refractivity contribution in [3.63, 3.8) is 0 Å². The summed E-state index contributed by atoms with van der Waals surface area (Å²) in [6, 6.07) is 17.8. The number of hydrogen-bond donors (Lipinski definition) is 1. The molecule has 3 rings (SSSR count). The average molecular weight is 343 g/mol. The van der Waals surface area contributed by atoms with Crippen LogP contribution in [0.2, 0.25) is 0 Å². The molecule has 130 valence electrons. The van der Waals surface area contributed by atoms with Crippen molar-refractivity contribution in [2.45, 2.75) is 33.1 Å². The monoisotopic (exact) mass is 343 g/mol. The van der Waals surface area contributed by atoms with Gasteiger partial charge in [0.2, 0.25) is 0 Å². The molecule has 2 aromatic carbocycles. The first kappa shape index (κ1) is 17.6. The van der Waals surface area contributed by atoms with E-state index in [0.717, 1.165) is 40.8 Å². The number of aromatic nitrogens is 2. The Bertz CT molecular complexity index is 1030. The van der Waals surface area contributed by atoms with Crippen molar-refractivity contribution in [2.24, 2.45) is 0 Å². The molecule has 0 aliphatic rings. The van der Waals surface area contributed by atoms with Crippen LogP contribution in [-0.4, -0.2) is 9.97 Å². The maximum absolute atomic E-state index is 12.5. The maximum Gasteiger partial charge on any atom is 0.254 e. The average Bonchev–Trinajstić information content (AvgIpc) is 2.65. The van der Waals surface area contributed by atoms with E-state index in [4.69, 9.17) is 0 Å². The number of nitriles is 1. The molecular formula is C22H21N3O. The van der Waals surface area contributed by atoms with Crippen LogP contribution in [0.5, 0.6) is 0 Å². The standard InChI is InChI=1S/C22H21N3O/c1-3-7-21-20(22(26)25-15(2)24-21)13-16-8-6-10-17(12-16)19-11-5-4-9-18(19)14-23/h4-6,8-12H,3,7,13H2,1-2H3,(H,24,25,26). The Hall–Kier alpha value is -3.19. The first-order valence-electron chi connectivity index (χ1n) is 8.79. The van der Waals surface area contributed by atoms with E-state index >= 15 is 0 Å². The molecule has 0 fully saturated rings. The van der Waals surface area contributed by atoms with Crippen molar-refractivity contribution >= 4 is 0 Å². The van der Waals surface area contributed by atoms with Crippen LogP contribution in [0.25, 0.3) is 11.1 Å². The highest BCUT2D eigenvalue weighted by Gasteiger charge is 2.12. The molecule has 1 N–H and O–H groups in total. The summed E-state index contributed by atoms with van der Waals surface area (Å²) < 4.78 is 0. The second kappa shape index (κ2) is 7.79. The summed E-state index contributed by atoms with van der Waals surface area (Å²) in [5.41, 5.74) is 5.09. The van der Waals surface area contributed by atoms with Gasteiger partial charge in [0.1, 0.15) is 5.82 Å². The number of nitrogens with zero attached hydrogens (tertiary/aromatic N) is 2. The Morgan fingerprint density at radius 1 is 1.15 bits per heavy atom. The molecule has 26 heavy (non-hydrogen) atoms. The van der Waals surface area contributed by atoms with E-state index in [1.165, 1.54) is 0 Å². The van der Waals surface area contributed by atoms with Gasteiger partial charge < -0.3 is 4.98 Å². The fraction of sp³-hybridized carbons (Fsp3) is 0.227. The summed E-state index contributed by atoms with van der Waals surface area (Å²) in [5, 5.41) is 9.34. The maximum atomic E-state index is 12.5. The molecule has 0 aliphatic carbocycles. The van der Waals surface area contributed by atoms with E-state index in [2.05, 4.69) is 23.0 Å². The van der Waals surface area contributed by atoms with Crippen molar-refractivity contribution in [1.82, 2.24) is 9.97 Å².